The molecule has 0 radical (unpaired) electrons. The van der Waals surface area contributed by atoms with Crippen molar-refractivity contribution < 1.29 is 18.7 Å². The lowest BCUT2D eigenvalue weighted by atomic mass is 10.0. The van der Waals surface area contributed by atoms with Crippen LogP contribution in [0.4, 0.5) is 4.39 Å². The molecule has 1 atom stereocenters. The minimum atomic E-state index is -0.658. The van der Waals surface area contributed by atoms with Gasteiger partial charge in [0.2, 0.25) is 0 Å². The summed E-state index contributed by atoms with van der Waals surface area (Å²) in [6.45, 7) is 4.15. The van der Waals surface area contributed by atoms with Crippen LogP contribution in [0.2, 0.25) is 0 Å². The summed E-state index contributed by atoms with van der Waals surface area (Å²) in [5.41, 5.74) is 0.629. The van der Waals surface area contributed by atoms with Gasteiger partial charge in [-0.2, -0.15) is 0 Å². The molecule has 1 aromatic rings. The Hall–Kier alpha value is -1.46. The van der Waals surface area contributed by atoms with E-state index >= 15 is 0 Å². The molecule has 0 saturated carbocycles. The van der Waals surface area contributed by atoms with Crippen LogP contribution in [0.25, 0.3) is 0 Å². The van der Waals surface area contributed by atoms with E-state index in [0.717, 1.165) is 31.6 Å². The molecule has 1 N–H and O–H groups in total. The zero-order valence-corrected chi connectivity index (χ0v) is 11.9. The maximum Gasteiger partial charge on any atom is 0.340 e. The molecule has 0 amide bonds. The van der Waals surface area contributed by atoms with Gasteiger partial charge in [0.1, 0.15) is 5.82 Å². The summed E-state index contributed by atoms with van der Waals surface area (Å²) >= 11 is 0. The number of nitrogens with one attached hydrogen (secondary N) is 1. The van der Waals surface area contributed by atoms with Crippen LogP contribution in [-0.2, 0) is 16.0 Å². The summed E-state index contributed by atoms with van der Waals surface area (Å²) in [5.74, 6) is -1.21. The number of benzene rings is 1. The molecule has 1 saturated heterocycles. The van der Waals surface area contributed by atoms with E-state index in [9.17, 15) is 9.18 Å². The Balaban J connectivity index is 1.90. The van der Waals surface area contributed by atoms with Gasteiger partial charge in [-0.3, -0.25) is 0 Å². The fourth-order valence-electron chi connectivity index (χ4n) is 2.39. The number of rotatable bonds is 5. The molecule has 0 aromatic heterocycles. The fourth-order valence-corrected chi connectivity index (χ4v) is 2.39. The molecule has 1 aliphatic rings. The molecular formula is C15H20FNO3. The van der Waals surface area contributed by atoms with Gasteiger partial charge in [0, 0.05) is 19.7 Å². The standard InChI is InChI=1S/C15H20FNO3/c1-15(6-3-7-20-15)10-17-9-11-4-5-12(13(16)8-11)14(18)19-2/h4-5,8,17H,3,6-7,9-10H2,1-2H3. The number of ether oxygens (including phenoxy) is 2. The normalized spacial score (nSPS) is 21.9. The van der Waals surface area contributed by atoms with Crippen molar-refractivity contribution in [1.82, 2.24) is 5.32 Å². The first-order valence-electron chi connectivity index (χ1n) is 6.75. The summed E-state index contributed by atoms with van der Waals surface area (Å²) in [7, 11) is 1.24. The molecule has 0 aliphatic carbocycles. The summed E-state index contributed by atoms with van der Waals surface area (Å²) in [6.07, 6.45) is 2.12. The quantitative estimate of drug-likeness (QED) is 0.841. The van der Waals surface area contributed by atoms with Crippen molar-refractivity contribution in [3.05, 3.63) is 35.1 Å². The van der Waals surface area contributed by atoms with Gasteiger partial charge in [-0.1, -0.05) is 6.07 Å². The van der Waals surface area contributed by atoms with E-state index in [2.05, 4.69) is 17.0 Å². The molecule has 1 aromatic carbocycles. The van der Waals surface area contributed by atoms with Crippen molar-refractivity contribution >= 4 is 5.97 Å². The van der Waals surface area contributed by atoms with Gasteiger partial charge in [-0.05, 0) is 37.5 Å². The van der Waals surface area contributed by atoms with Crippen LogP contribution in [0.1, 0.15) is 35.7 Å². The first-order valence-corrected chi connectivity index (χ1v) is 6.75. The number of methoxy groups -OCH3 is 1. The van der Waals surface area contributed by atoms with Crippen LogP contribution in [0.5, 0.6) is 0 Å². The Morgan fingerprint density at radius 1 is 1.55 bits per heavy atom. The van der Waals surface area contributed by atoms with Gasteiger partial charge in [0.05, 0.1) is 18.3 Å². The number of hydrogen-bond acceptors (Lipinski definition) is 4. The SMILES string of the molecule is COC(=O)c1ccc(CNCC2(C)CCCO2)cc1F. The van der Waals surface area contributed by atoms with E-state index in [1.807, 2.05) is 0 Å². The van der Waals surface area contributed by atoms with Gasteiger partial charge >= 0.3 is 5.97 Å². The highest BCUT2D eigenvalue weighted by Crippen LogP contribution is 2.24. The van der Waals surface area contributed by atoms with Crippen molar-refractivity contribution in [3.8, 4) is 0 Å². The van der Waals surface area contributed by atoms with Crippen LogP contribution in [0, 0.1) is 5.82 Å². The lowest BCUT2D eigenvalue weighted by Gasteiger charge is -2.23. The van der Waals surface area contributed by atoms with Crippen LogP contribution in [0.15, 0.2) is 18.2 Å². The monoisotopic (exact) mass is 281 g/mol. The zero-order chi connectivity index (χ0) is 14.6. The molecule has 2 rings (SSSR count). The van der Waals surface area contributed by atoms with E-state index in [1.54, 1.807) is 6.07 Å². The molecule has 110 valence electrons. The summed E-state index contributed by atoms with van der Waals surface area (Å²) in [5, 5.41) is 3.27. The van der Waals surface area contributed by atoms with Crippen molar-refractivity contribution in [1.29, 1.82) is 0 Å². The average molecular weight is 281 g/mol. The van der Waals surface area contributed by atoms with Gasteiger partial charge in [-0.25, -0.2) is 9.18 Å². The summed E-state index contributed by atoms with van der Waals surface area (Å²) in [6, 6.07) is 4.53. The number of esters is 1. The Morgan fingerprint density at radius 3 is 2.95 bits per heavy atom. The Kier molecular flexibility index (Phi) is 4.73. The predicted molar refractivity (Wildman–Crippen MR) is 73.0 cm³/mol. The second-order valence-corrected chi connectivity index (χ2v) is 5.31. The Bertz CT molecular complexity index is 484. The lowest BCUT2D eigenvalue weighted by Crippen LogP contribution is -2.36. The first kappa shape index (κ1) is 14.9. The molecule has 1 unspecified atom stereocenters. The van der Waals surface area contributed by atoms with Gasteiger partial charge in [-0.15, -0.1) is 0 Å². The number of halogens is 1. The highest BCUT2D eigenvalue weighted by molar-refractivity contribution is 5.89. The van der Waals surface area contributed by atoms with Gasteiger partial charge < -0.3 is 14.8 Å². The zero-order valence-electron chi connectivity index (χ0n) is 11.9. The van der Waals surface area contributed by atoms with E-state index in [-0.39, 0.29) is 11.2 Å². The predicted octanol–water partition coefficient (Wildman–Crippen LogP) is 2.27. The van der Waals surface area contributed by atoms with Gasteiger partial charge in [0.15, 0.2) is 0 Å². The largest absolute Gasteiger partial charge is 0.465 e. The number of carbonyl (C=O) groups is 1. The molecule has 4 nitrogen and oxygen atoms in total. The van der Waals surface area contributed by atoms with E-state index in [1.165, 1.54) is 19.2 Å². The summed E-state index contributed by atoms with van der Waals surface area (Å²) < 4.78 is 23.9. The van der Waals surface area contributed by atoms with E-state index < -0.39 is 11.8 Å². The van der Waals surface area contributed by atoms with Crippen molar-refractivity contribution in [2.24, 2.45) is 0 Å². The van der Waals surface area contributed by atoms with Crippen LogP contribution < -0.4 is 5.32 Å². The highest BCUT2D eigenvalue weighted by atomic mass is 19.1. The smallest absolute Gasteiger partial charge is 0.340 e. The minimum absolute atomic E-state index is 0.0395. The molecule has 1 aliphatic heterocycles. The van der Waals surface area contributed by atoms with Crippen LogP contribution in [0.3, 0.4) is 0 Å². The molecule has 1 heterocycles. The third-order valence-corrected chi connectivity index (χ3v) is 3.57. The first-order chi connectivity index (χ1) is 9.54. The topological polar surface area (TPSA) is 47.6 Å². The van der Waals surface area contributed by atoms with Crippen LogP contribution in [-0.4, -0.2) is 31.8 Å². The average Bonchev–Trinajstić information content (AvgIpc) is 2.85. The number of hydrogen-bond donors (Lipinski definition) is 1. The minimum Gasteiger partial charge on any atom is -0.465 e. The molecule has 0 spiro atoms. The second-order valence-electron chi connectivity index (χ2n) is 5.31. The summed E-state index contributed by atoms with van der Waals surface area (Å²) in [4.78, 5) is 11.3. The highest BCUT2D eigenvalue weighted by Gasteiger charge is 2.28. The van der Waals surface area contributed by atoms with Gasteiger partial charge in [0.25, 0.3) is 0 Å². The second kappa shape index (κ2) is 6.33. The third-order valence-electron chi connectivity index (χ3n) is 3.57. The maximum absolute atomic E-state index is 13.7. The molecule has 20 heavy (non-hydrogen) atoms. The van der Waals surface area contributed by atoms with Crippen molar-refractivity contribution in [3.63, 3.8) is 0 Å². The van der Waals surface area contributed by atoms with Crippen LogP contribution >= 0.6 is 0 Å². The van der Waals surface area contributed by atoms with Crippen molar-refractivity contribution in [2.75, 3.05) is 20.3 Å². The molecular weight excluding hydrogens is 261 g/mol. The Morgan fingerprint density at radius 2 is 2.35 bits per heavy atom. The van der Waals surface area contributed by atoms with E-state index in [0.29, 0.717) is 6.54 Å². The van der Waals surface area contributed by atoms with E-state index in [4.69, 9.17) is 4.74 Å². The third kappa shape index (κ3) is 3.55. The molecule has 1 fully saturated rings. The lowest BCUT2D eigenvalue weighted by molar-refractivity contribution is 0.0207. The number of carbonyl (C=O) groups excluding carboxylic acids is 1. The van der Waals surface area contributed by atoms with Crippen molar-refractivity contribution in [2.45, 2.75) is 31.9 Å². The fraction of sp³-hybridized carbons (Fsp3) is 0.533. The molecule has 0 bridgehead atoms. The maximum atomic E-state index is 13.7. The Labute approximate surface area is 118 Å². The molecule has 5 heteroatoms.